The first-order valence-electron chi connectivity index (χ1n) is 5.62. The molecule has 0 saturated carbocycles. The van der Waals surface area contributed by atoms with Crippen LogP contribution in [0.25, 0.3) is 0 Å². The molecule has 0 atom stereocenters. The van der Waals surface area contributed by atoms with Gasteiger partial charge < -0.3 is 10.4 Å². The first kappa shape index (κ1) is 15.9. The Morgan fingerprint density at radius 3 is 2.45 bits per heavy atom. The highest BCUT2D eigenvalue weighted by Crippen LogP contribution is 2.17. The van der Waals surface area contributed by atoms with E-state index in [1.54, 1.807) is 19.2 Å². The van der Waals surface area contributed by atoms with Crippen molar-refractivity contribution < 1.29 is 27.9 Å². The number of halogens is 3. The second-order valence-corrected chi connectivity index (χ2v) is 4.33. The summed E-state index contributed by atoms with van der Waals surface area (Å²) in [5.41, 5.74) is -0.136. The number of hydrogen-bond donors (Lipinski definition) is 2. The molecule has 1 aromatic heterocycles. The van der Waals surface area contributed by atoms with Gasteiger partial charge in [-0.1, -0.05) is 19.1 Å². The van der Waals surface area contributed by atoms with Crippen molar-refractivity contribution in [3.63, 3.8) is 0 Å². The van der Waals surface area contributed by atoms with Crippen LogP contribution in [0.3, 0.4) is 0 Å². The summed E-state index contributed by atoms with van der Waals surface area (Å²) >= 11 is 0. The average Bonchev–Trinajstić information content (AvgIpc) is 2.69. The molecule has 7 nitrogen and oxygen atoms in total. The second kappa shape index (κ2) is 5.88. The molecule has 0 bridgehead atoms. The lowest BCUT2D eigenvalue weighted by Gasteiger charge is -2.11. The molecular formula is C10H13F3N4O3. The molecule has 2 N–H and O–H groups in total. The van der Waals surface area contributed by atoms with Crippen molar-refractivity contribution >= 4 is 11.9 Å². The van der Waals surface area contributed by atoms with Crippen LogP contribution in [-0.4, -0.2) is 44.7 Å². The van der Waals surface area contributed by atoms with E-state index in [-0.39, 0.29) is 17.3 Å². The van der Waals surface area contributed by atoms with Crippen LogP contribution in [0.5, 0.6) is 0 Å². The van der Waals surface area contributed by atoms with E-state index in [4.69, 9.17) is 5.11 Å². The molecule has 1 aromatic rings. The van der Waals surface area contributed by atoms with E-state index < -0.39 is 31.1 Å². The third-order valence-electron chi connectivity index (χ3n) is 2.30. The fraction of sp³-hybridized carbons (Fsp3) is 0.600. The Balaban J connectivity index is 2.83. The van der Waals surface area contributed by atoms with E-state index >= 15 is 0 Å². The number of carbonyl (C=O) groups excluding carboxylic acids is 1. The summed E-state index contributed by atoms with van der Waals surface area (Å²) in [6.45, 7) is 1.34. The van der Waals surface area contributed by atoms with Gasteiger partial charge in [-0.3, -0.25) is 4.79 Å². The minimum Gasteiger partial charge on any atom is -0.476 e. The van der Waals surface area contributed by atoms with Gasteiger partial charge in [-0.15, -0.1) is 5.10 Å². The van der Waals surface area contributed by atoms with E-state index in [1.165, 1.54) is 0 Å². The van der Waals surface area contributed by atoms with Crippen molar-refractivity contribution in [3.8, 4) is 0 Å². The third kappa shape index (κ3) is 4.21. The molecule has 10 heteroatoms. The van der Waals surface area contributed by atoms with Gasteiger partial charge >= 0.3 is 12.1 Å². The fourth-order valence-corrected chi connectivity index (χ4v) is 1.55. The van der Waals surface area contributed by atoms with Crippen LogP contribution in [0.4, 0.5) is 13.2 Å². The standard InChI is InChI=1S/C10H13F3N4O3/c1-5(2)8-7(9(19)20)15-16-17(8)3-6(18)14-4-10(11,12)13/h5H,3-4H2,1-2H3,(H,14,18)(H,19,20). The van der Waals surface area contributed by atoms with Gasteiger partial charge in [0, 0.05) is 0 Å². The van der Waals surface area contributed by atoms with Gasteiger partial charge in [-0.2, -0.15) is 13.2 Å². The highest BCUT2D eigenvalue weighted by molar-refractivity contribution is 5.86. The van der Waals surface area contributed by atoms with Gasteiger partial charge in [0.15, 0.2) is 5.69 Å². The molecule has 1 rings (SSSR count). The van der Waals surface area contributed by atoms with Gasteiger partial charge in [0.05, 0.1) is 5.69 Å². The number of aromatic carboxylic acids is 1. The van der Waals surface area contributed by atoms with Crippen LogP contribution in [0.2, 0.25) is 0 Å². The van der Waals surface area contributed by atoms with Crippen LogP contribution in [0.1, 0.15) is 35.9 Å². The molecular weight excluding hydrogens is 281 g/mol. The summed E-state index contributed by atoms with van der Waals surface area (Å²) in [6.07, 6.45) is -4.51. The molecule has 0 fully saturated rings. The van der Waals surface area contributed by atoms with Crippen molar-refractivity contribution in [1.29, 1.82) is 0 Å². The van der Waals surface area contributed by atoms with Gasteiger partial charge in [-0.25, -0.2) is 9.48 Å². The summed E-state index contributed by atoms with van der Waals surface area (Å²) in [4.78, 5) is 22.3. The van der Waals surface area contributed by atoms with Gasteiger partial charge in [0.1, 0.15) is 13.1 Å². The van der Waals surface area contributed by atoms with Gasteiger partial charge in [-0.05, 0) is 5.92 Å². The molecule has 1 amide bonds. The smallest absolute Gasteiger partial charge is 0.405 e. The van der Waals surface area contributed by atoms with Crippen molar-refractivity contribution in [3.05, 3.63) is 11.4 Å². The highest BCUT2D eigenvalue weighted by Gasteiger charge is 2.28. The Hall–Kier alpha value is -2.13. The van der Waals surface area contributed by atoms with E-state index in [9.17, 15) is 22.8 Å². The summed E-state index contributed by atoms with van der Waals surface area (Å²) < 4.78 is 36.8. The Bertz CT molecular complexity index is 510. The maximum atomic E-state index is 11.9. The Labute approximate surface area is 111 Å². The van der Waals surface area contributed by atoms with E-state index in [1.807, 2.05) is 0 Å². The molecule has 1 heterocycles. The molecule has 0 radical (unpaired) electrons. The SMILES string of the molecule is CC(C)c1c(C(=O)O)nnn1CC(=O)NCC(F)(F)F. The van der Waals surface area contributed by atoms with Crippen molar-refractivity contribution in [2.75, 3.05) is 6.54 Å². The predicted octanol–water partition coefficient (Wildman–Crippen LogP) is 0.778. The Morgan fingerprint density at radius 2 is 2.00 bits per heavy atom. The number of rotatable bonds is 5. The molecule has 0 saturated heterocycles. The number of carboxylic acid groups (broad SMARTS) is 1. The average molecular weight is 294 g/mol. The fourth-order valence-electron chi connectivity index (χ4n) is 1.55. The predicted molar refractivity (Wildman–Crippen MR) is 60.1 cm³/mol. The molecule has 112 valence electrons. The van der Waals surface area contributed by atoms with E-state index in [2.05, 4.69) is 10.3 Å². The summed E-state index contributed by atoms with van der Waals surface area (Å²) in [5, 5.41) is 17.5. The highest BCUT2D eigenvalue weighted by atomic mass is 19.4. The molecule has 0 aromatic carbocycles. The number of hydrogen-bond acceptors (Lipinski definition) is 4. The zero-order valence-electron chi connectivity index (χ0n) is 10.7. The normalized spacial score (nSPS) is 11.7. The van der Waals surface area contributed by atoms with Crippen LogP contribution >= 0.6 is 0 Å². The minimum atomic E-state index is -4.51. The molecule has 0 spiro atoms. The summed E-state index contributed by atoms with van der Waals surface area (Å²) in [6, 6.07) is 0. The van der Waals surface area contributed by atoms with Gasteiger partial charge in [0.2, 0.25) is 5.91 Å². The monoisotopic (exact) mass is 294 g/mol. The molecule has 0 aliphatic rings. The second-order valence-electron chi connectivity index (χ2n) is 4.33. The quantitative estimate of drug-likeness (QED) is 0.836. The van der Waals surface area contributed by atoms with Crippen LogP contribution in [-0.2, 0) is 11.3 Å². The third-order valence-corrected chi connectivity index (χ3v) is 2.30. The number of carboxylic acids is 1. The van der Waals surface area contributed by atoms with Crippen LogP contribution < -0.4 is 5.32 Å². The number of alkyl halides is 3. The first-order chi connectivity index (χ1) is 9.11. The van der Waals surface area contributed by atoms with Crippen molar-refractivity contribution in [1.82, 2.24) is 20.3 Å². The lowest BCUT2D eigenvalue weighted by molar-refractivity contribution is -0.138. The zero-order valence-corrected chi connectivity index (χ0v) is 10.7. The number of nitrogens with zero attached hydrogens (tertiary/aromatic N) is 3. The molecule has 0 aliphatic heterocycles. The Kier molecular flexibility index (Phi) is 4.69. The lowest BCUT2D eigenvalue weighted by Crippen LogP contribution is -2.36. The van der Waals surface area contributed by atoms with E-state index in [0.717, 1.165) is 4.68 Å². The lowest BCUT2D eigenvalue weighted by atomic mass is 10.1. The molecule has 0 unspecified atom stereocenters. The van der Waals surface area contributed by atoms with Gasteiger partial charge in [0.25, 0.3) is 0 Å². The maximum absolute atomic E-state index is 11.9. The molecule has 0 aliphatic carbocycles. The number of aromatic nitrogens is 3. The van der Waals surface area contributed by atoms with Crippen LogP contribution in [0.15, 0.2) is 0 Å². The molecule has 20 heavy (non-hydrogen) atoms. The summed E-state index contributed by atoms with van der Waals surface area (Å²) in [7, 11) is 0. The van der Waals surface area contributed by atoms with Crippen LogP contribution in [0, 0.1) is 0 Å². The van der Waals surface area contributed by atoms with E-state index in [0.29, 0.717) is 0 Å². The largest absolute Gasteiger partial charge is 0.476 e. The Morgan fingerprint density at radius 1 is 1.40 bits per heavy atom. The zero-order chi connectivity index (χ0) is 15.5. The summed E-state index contributed by atoms with van der Waals surface area (Å²) in [5.74, 6) is -2.53. The number of amides is 1. The van der Waals surface area contributed by atoms with Crippen molar-refractivity contribution in [2.24, 2.45) is 0 Å². The minimum absolute atomic E-state index is 0.180. The first-order valence-corrected chi connectivity index (χ1v) is 5.62. The maximum Gasteiger partial charge on any atom is 0.405 e. The number of carbonyl (C=O) groups is 2. The van der Waals surface area contributed by atoms with Crippen molar-refractivity contribution in [2.45, 2.75) is 32.5 Å². The number of nitrogens with one attached hydrogen (secondary N) is 1. The topological polar surface area (TPSA) is 97.1 Å².